The van der Waals surface area contributed by atoms with Crippen LogP contribution in [0.15, 0.2) is 84.9 Å². The number of nitrogens with one attached hydrogen (secondary N) is 2. The molecule has 30 heavy (non-hydrogen) atoms. The van der Waals surface area contributed by atoms with E-state index in [1.165, 1.54) is 17.7 Å². The van der Waals surface area contributed by atoms with E-state index in [1.807, 2.05) is 31.3 Å². The van der Waals surface area contributed by atoms with Gasteiger partial charge in [0, 0.05) is 18.7 Å². The fourth-order valence-corrected chi connectivity index (χ4v) is 3.60. The molecule has 0 aliphatic heterocycles. The largest absolute Gasteiger partial charge is 0.348 e. The van der Waals surface area contributed by atoms with Crippen LogP contribution in [-0.2, 0) is 13.1 Å². The van der Waals surface area contributed by atoms with Gasteiger partial charge in [-0.15, -0.1) is 0 Å². The van der Waals surface area contributed by atoms with E-state index in [2.05, 4.69) is 34.9 Å². The van der Waals surface area contributed by atoms with Crippen LogP contribution in [0.1, 0.15) is 21.5 Å². The lowest BCUT2D eigenvalue weighted by Crippen LogP contribution is -2.22. The van der Waals surface area contributed by atoms with Crippen LogP contribution in [0.4, 0.5) is 4.39 Å². The quantitative estimate of drug-likeness (QED) is 0.463. The Morgan fingerprint density at radius 2 is 1.53 bits per heavy atom. The van der Waals surface area contributed by atoms with Crippen molar-refractivity contribution in [1.29, 1.82) is 0 Å². The smallest absolute Gasteiger partial charge is 0.251 e. The molecule has 1 amide bonds. The fraction of sp³-hybridized carbons (Fsp3) is 0.115. The van der Waals surface area contributed by atoms with E-state index in [0.717, 1.165) is 34.0 Å². The Labute approximate surface area is 175 Å². The van der Waals surface area contributed by atoms with Crippen LogP contribution in [0.5, 0.6) is 0 Å². The molecule has 4 aromatic rings. The first-order chi connectivity index (χ1) is 14.6. The highest BCUT2D eigenvalue weighted by Gasteiger charge is 2.08. The summed E-state index contributed by atoms with van der Waals surface area (Å²) in [4.78, 5) is 12.6. The second kappa shape index (κ2) is 8.89. The molecule has 0 aliphatic carbocycles. The summed E-state index contributed by atoms with van der Waals surface area (Å²) in [5, 5.41) is 8.49. The van der Waals surface area contributed by atoms with Crippen molar-refractivity contribution in [1.82, 2.24) is 10.6 Å². The molecule has 0 saturated carbocycles. The molecule has 0 fully saturated rings. The lowest BCUT2D eigenvalue weighted by atomic mass is 10.0. The molecule has 0 aliphatic rings. The van der Waals surface area contributed by atoms with Crippen molar-refractivity contribution in [3.05, 3.63) is 107 Å². The van der Waals surface area contributed by atoms with Crippen molar-refractivity contribution in [2.24, 2.45) is 0 Å². The molecular formula is C26H23FN2O. The van der Waals surface area contributed by atoms with Crippen molar-refractivity contribution in [2.45, 2.75) is 13.1 Å². The predicted octanol–water partition coefficient (Wildman–Crippen LogP) is 5.30. The Hall–Kier alpha value is -3.50. The maximum absolute atomic E-state index is 13.1. The molecule has 2 N–H and O–H groups in total. The molecule has 0 saturated heterocycles. The monoisotopic (exact) mass is 398 g/mol. The SMILES string of the molecule is CNCc1ccc2c(CNC(=O)c3ccc(-c4ccc(F)cc4)cc3)cccc2c1. The number of hydrogen-bond acceptors (Lipinski definition) is 2. The average molecular weight is 398 g/mol. The van der Waals surface area contributed by atoms with E-state index < -0.39 is 0 Å². The normalized spacial score (nSPS) is 10.9. The van der Waals surface area contributed by atoms with Crippen LogP contribution in [-0.4, -0.2) is 13.0 Å². The Morgan fingerprint density at radius 3 is 2.23 bits per heavy atom. The number of hydrogen-bond donors (Lipinski definition) is 2. The summed E-state index contributed by atoms with van der Waals surface area (Å²) in [5.41, 5.74) is 4.76. The Bertz CT molecular complexity index is 1170. The summed E-state index contributed by atoms with van der Waals surface area (Å²) in [6.07, 6.45) is 0. The Balaban J connectivity index is 1.46. The first kappa shape index (κ1) is 19.8. The Kier molecular flexibility index (Phi) is 5.87. The van der Waals surface area contributed by atoms with Gasteiger partial charge in [-0.05, 0) is 70.4 Å². The van der Waals surface area contributed by atoms with Crippen molar-refractivity contribution in [2.75, 3.05) is 7.05 Å². The van der Waals surface area contributed by atoms with E-state index >= 15 is 0 Å². The molecule has 0 unspecified atom stereocenters. The third kappa shape index (κ3) is 4.39. The molecule has 4 aromatic carbocycles. The summed E-state index contributed by atoms with van der Waals surface area (Å²) < 4.78 is 13.1. The molecular weight excluding hydrogens is 375 g/mol. The van der Waals surface area contributed by atoms with Gasteiger partial charge in [-0.1, -0.05) is 54.6 Å². The molecule has 4 rings (SSSR count). The van der Waals surface area contributed by atoms with Crippen LogP contribution in [0.3, 0.4) is 0 Å². The molecule has 0 bridgehead atoms. The van der Waals surface area contributed by atoms with E-state index in [-0.39, 0.29) is 11.7 Å². The van der Waals surface area contributed by atoms with Gasteiger partial charge in [-0.3, -0.25) is 4.79 Å². The highest BCUT2D eigenvalue weighted by atomic mass is 19.1. The molecule has 0 atom stereocenters. The van der Waals surface area contributed by atoms with Gasteiger partial charge < -0.3 is 10.6 Å². The third-order valence-corrected chi connectivity index (χ3v) is 5.18. The third-order valence-electron chi connectivity index (χ3n) is 5.18. The van der Waals surface area contributed by atoms with E-state index in [4.69, 9.17) is 0 Å². The van der Waals surface area contributed by atoms with Gasteiger partial charge in [0.15, 0.2) is 0 Å². The summed E-state index contributed by atoms with van der Waals surface area (Å²) >= 11 is 0. The van der Waals surface area contributed by atoms with Crippen molar-refractivity contribution < 1.29 is 9.18 Å². The molecule has 150 valence electrons. The molecule has 0 radical (unpaired) electrons. The maximum Gasteiger partial charge on any atom is 0.251 e. The summed E-state index contributed by atoms with van der Waals surface area (Å²) in [6.45, 7) is 1.28. The minimum absolute atomic E-state index is 0.121. The van der Waals surface area contributed by atoms with Crippen molar-refractivity contribution in [3.8, 4) is 11.1 Å². The molecule has 0 aromatic heterocycles. The topological polar surface area (TPSA) is 41.1 Å². The van der Waals surface area contributed by atoms with Gasteiger partial charge in [0.1, 0.15) is 5.82 Å². The number of halogens is 1. The highest BCUT2D eigenvalue weighted by molar-refractivity contribution is 5.95. The van der Waals surface area contributed by atoms with Gasteiger partial charge >= 0.3 is 0 Å². The maximum atomic E-state index is 13.1. The first-order valence-electron chi connectivity index (χ1n) is 9.93. The zero-order valence-corrected chi connectivity index (χ0v) is 16.8. The average Bonchev–Trinajstić information content (AvgIpc) is 2.78. The van der Waals surface area contributed by atoms with Crippen molar-refractivity contribution >= 4 is 16.7 Å². The summed E-state index contributed by atoms with van der Waals surface area (Å²) in [7, 11) is 1.93. The molecule has 4 heteroatoms. The van der Waals surface area contributed by atoms with Crippen LogP contribution in [0, 0.1) is 5.82 Å². The standard InChI is InChI=1S/C26H23FN2O/c1-28-16-18-5-14-25-22(15-18)3-2-4-23(25)17-29-26(30)21-8-6-19(7-9-21)20-10-12-24(27)13-11-20/h2-15,28H,16-17H2,1H3,(H,29,30). The van der Waals surface area contributed by atoms with E-state index in [0.29, 0.717) is 12.1 Å². The Morgan fingerprint density at radius 1 is 0.833 bits per heavy atom. The number of amides is 1. The number of carbonyl (C=O) groups is 1. The zero-order valence-electron chi connectivity index (χ0n) is 16.8. The number of rotatable bonds is 6. The second-order valence-electron chi connectivity index (χ2n) is 7.27. The van der Waals surface area contributed by atoms with E-state index in [1.54, 1.807) is 24.3 Å². The van der Waals surface area contributed by atoms with Crippen LogP contribution < -0.4 is 10.6 Å². The number of fused-ring (bicyclic) bond motifs is 1. The number of benzene rings is 4. The van der Waals surface area contributed by atoms with Crippen LogP contribution >= 0.6 is 0 Å². The van der Waals surface area contributed by atoms with E-state index in [9.17, 15) is 9.18 Å². The molecule has 0 heterocycles. The minimum atomic E-state index is -0.263. The van der Waals surface area contributed by atoms with Gasteiger partial charge in [-0.25, -0.2) is 4.39 Å². The van der Waals surface area contributed by atoms with Gasteiger partial charge in [0.2, 0.25) is 0 Å². The summed E-state index contributed by atoms with van der Waals surface area (Å²) in [5.74, 6) is -0.383. The summed E-state index contributed by atoms with van der Waals surface area (Å²) in [6, 6.07) is 26.2. The predicted molar refractivity (Wildman–Crippen MR) is 120 cm³/mol. The van der Waals surface area contributed by atoms with Gasteiger partial charge in [0.05, 0.1) is 0 Å². The molecule has 3 nitrogen and oxygen atoms in total. The van der Waals surface area contributed by atoms with Crippen molar-refractivity contribution in [3.63, 3.8) is 0 Å². The first-order valence-corrected chi connectivity index (χ1v) is 9.93. The van der Waals surface area contributed by atoms with Crippen LogP contribution in [0.2, 0.25) is 0 Å². The number of carbonyl (C=O) groups excluding carboxylic acids is 1. The zero-order chi connectivity index (χ0) is 20.9. The highest BCUT2D eigenvalue weighted by Crippen LogP contribution is 2.22. The fourth-order valence-electron chi connectivity index (χ4n) is 3.60. The lowest BCUT2D eigenvalue weighted by molar-refractivity contribution is 0.0951. The minimum Gasteiger partial charge on any atom is -0.348 e. The lowest BCUT2D eigenvalue weighted by Gasteiger charge is -2.10. The second-order valence-corrected chi connectivity index (χ2v) is 7.27. The molecule has 0 spiro atoms. The van der Waals surface area contributed by atoms with Crippen LogP contribution in [0.25, 0.3) is 21.9 Å². The van der Waals surface area contributed by atoms with Gasteiger partial charge in [0.25, 0.3) is 5.91 Å². The van der Waals surface area contributed by atoms with Gasteiger partial charge in [-0.2, -0.15) is 0 Å².